The van der Waals surface area contributed by atoms with Crippen molar-refractivity contribution in [2.24, 2.45) is 0 Å². The maximum absolute atomic E-state index is 12.0. The molecule has 3 N–H and O–H groups in total. The van der Waals surface area contributed by atoms with Gasteiger partial charge in [-0.2, -0.15) is 0 Å². The van der Waals surface area contributed by atoms with Crippen LogP contribution in [-0.4, -0.2) is 16.9 Å². The molecule has 0 radical (unpaired) electrons. The number of thiocarbonyl (C=S) groups is 1. The van der Waals surface area contributed by atoms with Crippen LogP contribution in [0.4, 0.5) is 0 Å². The summed E-state index contributed by atoms with van der Waals surface area (Å²) in [6.45, 7) is 0. The lowest BCUT2D eigenvalue weighted by molar-refractivity contribution is 0.0938. The second kappa shape index (κ2) is 7.55. The molecule has 0 aliphatic rings. The minimum Gasteiger partial charge on any atom is -0.298 e. The fourth-order valence-electron chi connectivity index (χ4n) is 1.47. The number of nitrogens with one attached hydrogen (secondary N) is 3. The lowest BCUT2D eigenvalue weighted by atomic mass is 10.2. The third kappa shape index (κ3) is 4.67. The molecule has 2 rings (SSSR count). The lowest BCUT2D eigenvalue weighted by Crippen LogP contribution is -2.48. The van der Waals surface area contributed by atoms with Gasteiger partial charge in [-0.15, -0.1) is 11.3 Å². The van der Waals surface area contributed by atoms with E-state index in [9.17, 15) is 9.59 Å². The van der Waals surface area contributed by atoms with E-state index in [1.807, 2.05) is 0 Å². The summed E-state index contributed by atoms with van der Waals surface area (Å²) in [6, 6.07) is 7.84. The molecule has 0 aliphatic carbocycles. The zero-order valence-corrected chi connectivity index (χ0v) is 14.0. The Hall–Kier alpha value is -1.67. The number of hydrogen-bond acceptors (Lipinski definition) is 4. The number of carbonyl (C=O) groups is 2. The smallest absolute Gasteiger partial charge is 0.279 e. The Bertz CT molecular complexity index is 700. The standard InChI is InChI=1S/C13H9Cl2N3O2S2/c14-8-4-7(5-9(15)6-8)11(19)16-13(21)18-17-12(20)10-2-1-3-22-10/h1-6H,(H,17,20)(H2,16,18,19,21). The van der Waals surface area contributed by atoms with Gasteiger partial charge in [-0.05, 0) is 41.9 Å². The highest BCUT2D eigenvalue weighted by Gasteiger charge is 2.11. The van der Waals surface area contributed by atoms with E-state index in [-0.39, 0.29) is 16.6 Å². The van der Waals surface area contributed by atoms with Crippen molar-refractivity contribution in [3.05, 3.63) is 56.2 Å². The molecule has 0 saturated carbocycles. The molecular formula is C13H9Cl2N3O2S2. The van der Waals surface area contributed by atoms with Gasteiger partial charge in [-0.3, -0.25) is 25.8 Å². The van der Waals surface area contributed by atoms with Crippen LogP contribution < -0.4 is 16.2 Å². The minimum atomic E-state index is -0.493. The summed E-state index contributed by atoms with van der Waals surface area (Å²) in [7, 11) is 0. The fourth-order valence-corrected chi connectivity index (χ4v) is 2.76. The molecule has 0 spiro atoms. The molecule has 0 saturated heterocycles. The Morgan fingerprint density at radius 2 is 1.73 bits per heavy atom. The van der Waals surface area contributed by atoms with E-state index in [1.54, 1.807) is 17.5 Å². The monoisotopic (exact) mass is 373 g/mol. The number of carbonyl (C=O) groups excluding carboxylic acids is 2. The largest absolute Gasteiger partial charge is 0.298 e. The summed E-state index contributed by atoms with van der Waals surface area (Å²) in [5, 5.41) is 4.80. The number of amides is 2. The van der Waals surface area contributed by atoms with Gasteiger partial charge in [-0.1, -0.05) is 29.3 Å². The average molecular weight is 374 g/mol. The molecule has 1 heterocycles. The molecule has 2 aromatic rings. The van der Waals surface area contributed by atoms with E-state index in [1.165, 1.54) is 29.5 Å². The molecule has 0 fully saturated rings. The van der Waals surface area contributed by atoms with Crippen molar-refractivity contribution in [2.45, 2.75) is 0 Å². The van der Waals surface area contributed by atoms with Crippen LogP contribution in [0.15, 0.2) is 35.7 Å². The SMILES string of the molecule is O=C(NC(=S)NNC(=O)c1cccs1)c1cc(Cl)cc(Cl)c1. The molecule has 1 aromatic carbocycles. The van der Waals surface area contributed by atoms with Gasteiger partial charge in [0.2, 0.25) is 0 Å². The zero-order chi connectivity index (χ0) is 16.1. The molecule has 114 valence electrons. The van der Waals surface area contributed by atoms with Crippen molar-refractivity contribution in [2.75, 3.05) is 0 Å². The highest BCUT2D eigenvalue weighted by molar-refractivity contribution is 7.80. The molecular weight excluding hydrogens is 365 g/mol. The van der Waals surface area contributed by atoms with Crippen LogP contribution in [0.3, 0.4) is 0 Å². The van der Waals surface area contributed by atoms with Gasteiger partial charge < -0.3 is 0 Å². The van der Waals surface area contributed by atoms with E-state index >= 15 is 0 Å². The first-order chi connectivity index (χ1) is 10.5. The summed E-state index contributed by atoms with van der Waals surface area (Å²) >= 11 is 17.9. The summed E-state index contributed by atoms with van der Waals surface area (Å²) in [4.78, 5) is 24.2. The van der Waals surface area contributed by atoms with E-state index in [4.69, 9.17) is 35.4 Å². The van der Waals surface area contributed by atoms with Gasteiger partial charge >= 0.3 is 0 Å². The molecule has 0 bridgehead atoms. The maximum Gasteiger partial charge on any atom is 0.279 e. The van der Waals surface area contributed by atoms with E-state index in [0.29, 0.717) is 14.9 Å². The third-order valence-electron chi connectivity index (χ3n) is 2.39. The molecule has 0 unspecified atom stereocenters. The Labute approximate surface area is 145 Å². The van der Waals surface area contributed by atoms with Gasteiger partial charge in [0.25, 0.3) is 11.8 Å². The number of thiophene rings is 1. The van der Waals surface area contributed by atoms with E-state index in [2.05, 4.69) is 16.2 Å². The van der Waals surface area contributed by atoms with Crippen LogP contribution in [0.1, 0.15) is 20.0 Å². The van der Waals surface area contributed by atoms with Crippen LogP contribution in [-0.2, 0) is 0 Å². The van der Waals surface area contributed by atoms with Crippen LogP contribution in [0.5, 0.6) is 0 Å². The Morgan fingerprint density at radius 3 is 2.32 bits per heavy atom. The molecule has 5 nitrogen and oxygen atoms in total. The normalized spacial score (nSPS) is 9.91. The molecule has 1 aromatic heterocycles. The number of halogens is 2. The predicted molar refractivity (Wildman–Crippen MR) is 91.4 cm³/mol. The first-order valence-electron chi connectivity index (χ1n) is 5.87. The van der Waals surface area contributed by atoms with Gasteiger partial charge in [0, 0.05) is 15.6 Å². The van der Waals surface area contributed by atoms with Crippen molar-refractivity contribution < 1.29 is 9.59 Å². The Kier molecular flexibility index (Phi) is 5.73. The fraction of sp³-hybridized carbons (Fsp3) is 0. The highest BCUT2D eigenvalue weighted by Crippen LogP contribution is 2.18. The van der Waals surface area contributed by atoms with Crippen molar-refractivity contribution in [3.8, 4) is 0 Å². The third-order valence-corrected chi connectivity index (χ3v) is 3.90. The minimum absolute atomic E-state index is 0.0500. The summed E-state index contributed by atoms with van der Waals surface area (Å²) < 4.78 is 0. The van der Waals surface area contributed by atoms with Crippen LogP contribution >= 0.6 is 46.8 Å². The first kappa shape index (κ1) is 16.7. The second-order valence-corrected chi connectivity index (χ2v) is 6.23. The van der Waals surface area contributed by atoms with Gasteiger partial charge in [0.15, 0.2) is 5.11 Å². The van der Waals surface area contributed by atoms with E-state index < -0.39 is 5.91 Å². The molecule has 2 amide bonds. The Morgan fingerprint density at radius 1 is 1.05 bits per heavy atom. The average Bonchev–Trinajstić information content (AvgIpc) is 2.98. The molecule has 9 heteroatoms. The van der Waals surface area contributed by atoms with Crippen molar-refractivity contribution in [1.82, 2.24) is 16.2 Å². The number of rotatable bonds is 2. The van der Waals surface area contributed by atoms with Crippen molar-refractivity contribution in [1.29, 1.82) is 0 Å². The van der Waals surface area contributed by atoms with Crippen LogP contribution in [0, 0.1) is 0 Å². The van der Waals surface area contributed by atoms with Gasteiger partial charge in [-0.25, -0.2) is 0 Å². The summed E-state index contributed by atoms with van der Waals surface area (Å²) in [5.41, 5.74) is 5.07. The molecule has 22 heavy (non-hydrogen) atoms. The quantitative estimate of drug-likeness (QED) is 0.558. The molecule has 0 atom stereocenters. The molecule has 0 aliphatic heterocycles. The summed E-state index contributed by atoms with van der Waals surface area (Å²) in [6.07, 6.45) is 0. The van der Waals surface area contributed by atoms with Crippen molar-refractivity contribution >= 4 is 63.7 Å². The lowest BCUT2D eigenvalue weighted by Gasteiger charge is -2.10. The topological polar surface area (TPSA) is 70.2 Å². The number of benzene rings is 1. The van der Waals surface area contributed by atoms with Gasteiger partial charge in [0.05, 0.1) is 4.88 Å². The van der Waals surface area contributed by atoms with Crippen LogP contribution in [0.25, 0.3) is 0 Å². The Balaban J connectivity index is 1.89. The van der Waals surface area contributed by atoms with Gasteiger partial charge in [0.1, 0.15) is 0 Å². The number of hydrogen-bond donors (Lipinski definition) is 3. The van der Waals surface area contributed by atoms with Crippen molar-refractivity contribution in [3.63, 3.8) is 0 Å². The predicted octanol–water partition coefficient (Wildman–Crippen LogP) is 3.00. The second-order valence-electron chi connectivity index (χ2n) is 4.00. The van der Waals surface area contributed by atoms with E-state index in [0.717, 1.165) is 0 Å². The zero-order valence-electron chi connectivity index (χ0n) is 10.9. The highest BCUT2D eigenvalue weighted by atomic mass is 35.5. The number of hydrazine groups is 1. The first-order valence-corrected chi connectivity index (χ1v) is 7.91. The summed E-state index contributed by atoms with van der Waals surface area (Å²) in [5.74, 6) is -0.843. The van der Waals surface area contributed by atoms with Crippen LogP contribution in [0.2, 0.25) is 10.0 Å². The maximum atomic E-state index is 12.0.